The lowest BCUT2D eigenvalue weighted by molar-refractivity contribution is -0.155. The number of ether oxygens (including phenoxy) is 1. The summed E-state index contributed by atoms with van der Waals surface area (Å²) in [5.41, 5.74) is 4.04. The Morgan fingerprint density at radius 1 is 0.857 bits per heavy atom. The predicted molar refractivity (Wildman–Crippen MR) is 206 cm³/mol. The number of aryl methyl sites for hydroxylation is 2. The number of nitrogens with one attached hydrogen (secondary N) is 1. The van der Waals surface area contributed by atoms with Gasteiger partial charge in [-0.3, -0.25) is 19.1 Å². The number of fused-ring (bicyclic) bond motifs is 3. The average Bonchev–Trinajstić information content (AvgIpc) is 3.52. The molecule has 0 saturated carbocycles. The third-order valence-corrected chi connectivity index (χ3v) is 10.8. The van der Waals surface area contributed by atoms with Crippen LogP contribution in [-0.4, -0.2) is 43.3 Å². The minimum atomic E-state index is -0.601. The second kappa shape index (κ2) is 18.9. The second-order valence-corrected chi connectivity index (χ2v) is 16.3. The van der Waals surface area contributed by atoms with Crippen LogP contribution in [0.25, 0.3) is 5.00 Å². The number of unbranched alkanes of at least 4 members (excludes halogenated alkanes) is 12. The van der Waals surface area contributed by atoms with E-state index in [-0.39, 0.29) is 18.3 Å². The van der Waals surface area contributed by atoms with Crippen LogP contribution in [0.5, 0.6) is 0 Å². The Kier molecular flexibility index (Phi) is 15.1. The zero-order valence-corrected chi connectivity index (χ0v) is 32.9. The molecule has 3 heterocycles. The number of halogens is 1. The Morgan fingerprint density at radius 2 is 1.43 bits per heavy atom. The number of amides is 1. The molecule has 1 N–H and O–H groups in total. The van der Waals surface area contributed by atoms with Crippen LogP contribution in [0.3, 0.4) is 0 Å². The first-order valence-electron chi connectivity index (χ1n) is 18.3. The third kappa shape index (κ3) is 11.6. The maximum Gasteiger partial charge on any atom is 0.308 e. The Balaban J connectivity index is 1.32. The van der Waals surface area contributed by atoms with Crippen molar-refractivity contribution in [1.82, 2.24) is 14.8 Å². The van der Waals surface area contributed by atoms with Crippen LogP contribution in [0.15, 0.2) is 29.3 Å². The Labute approximate surface area is 306 Å². The van der Waals surface area contributed by atoms with Crippen LogP contribution in [0, 0.1) is 20.8 Å². The average molecular weight is 755 g/mol. The van der Waals surface area contributed by atoms with Gasteiger partial charge in [-0.25, -0.2) is 0 Å². The van der Waals surface area contributed by atoms with Crippen molar-refractivity contribution in [3.8, 4) is 5.00 Å². The smallest absolute Gasteiger partial charge is 0.308 e. The van der Waals surface area contributed by atoms with Crippen molar-refractivity contribution in [2.75, 3.05) is 10.6 Å². The molecule has 10 heteroatoms. The van der Waals surface area contributed by atoms with E-state index in [0.29, 0.717) is 12.2 Å². The fourth-order valence-electron chi connectivity index (χ4n) is 6.33. The number of esters is 1. The molecule has 2 aromatic heterocycles. The van der Waals surface area contributed by atoms with E-state index in [2.05, 4.69) is 45.3 Å². The lowest BCUT2D eigenvalue weighted by Crippen LogP contribution is -2.25. The highest BCUT2D eigenvalue weighted by Crippen LogP contribution is 2.40. The van der Waals surface area contributed by atoms with Gasteiger partial charge in [0.15, 0.2) is 5.82 Å². The first-order valence-corrected chi connectivity index (χ1v) is 20.2. The molecule has 0 bridgehead atoms. The monoisotopic (exact) mass is 753 g/mol. The molecule has 268 valence electrons. The topological polar surface area (TPSA) is 98.5 Å². The summed E-state index contributed by atoms with van der Waals surface area (Å²) in [6.45, 7) is 11.7. The number of carbonyl (C=O) groups excluding carboxylic acids is 2. The summed E-state index contributed by atoms with van der Waals surface area (Å²) in [6, 6.07) is 7.31. The van der Waals surface area contributed by atoms with E-state index < -0.39 is 11.6 Å². The molecule has 49 heavy (non-hydrogen) atoms. The summed E-state index contributed by atoms with van der Waals surface area (Å²) in [6.07, 6.45) is 17.2. The Hall–Kier alpha value is -2.85. The van der Waals surface area contributed by atoms with Crippen molar-refractivity contribution in [3.05, 3.63) is 57.5 Å². The summed E-state index contributed by atoms with van der Waals surface area (Å²) >= 11 is 5.18. The van der Waals surface area contributed by atoms with Crippen LogP contribution in [0.1, 0.15) is 156 Å². The molecule has 0 radical (unpaired) electrons. The summed E-state index contributed by atoms with van der Waals surface area (Å²) in [7, 11) is 0. The number of anilines is 1. The summed E-state index contributed by atoms with van der Waals surface area (Å²) in [5.74, 6) is 1.10. The highest BCUT2D eigenvalue weighted by molar-refractivity contribution is 9.09. The van der Waals surface area contributed by atoms with Gasteiger partial charge in [-0.2, -0.15) is 0 Å². The number of rotatable bonds is 19. The molecule has 4 rings (SSSR count). The molecule has 1 aromatic carbocycles. The lowest BCUT2D eigenvalue weighted by atomic mass is 9.99. The van der Waals surface area contributed by atoms with E-state index in [9.17, 15) is 9.59 Å². The maximum absolute atomic E-state index is 13.0. The van der Waals surface area contributed by atoms with Gasteiger partial charge in [0.25, 0.3) is 0 Å². The fraction of sp³-hybridized carbons (Fsp3) is 0.615. The first kappa shape index (κ1) is 38.9. The second-order valence-electron chi connectivity index (χ2n) is 14.3. The van der Waals surface area contributed by atoms with E-state index >= 15 is 0 Å². The molecule has 1 atom stereocenters. The summed E-state index contributed by atoms with van der Waals surface area (Å²) in [4.78, 5) is 32.1. The van der Waals surface area contributed by atoms with Crippen LogP contribution in [-0.2, 0) is 14.3 Å². The molecule has 0 aliphatic carbocycles. The van der Waals surface area contributed by atoms with Crippen LogP contribution in [0.4, 0.5) is 5.69 Å². The van der Waals surface area contributed by atoms with E-state index in [4.69, 9.17) is 9.73 Å². The molecule has 1 amide bonds. The number of hydrogen-bond acceptors (Lipinski definition) is 7. The minimum absolute atomic E-state index is 0.0492. The van der Waals surface area contributed by atoms with Crippen molar-refractivity contribution < 1.29 is 14.3 Å². The van der Waals surface area contributed by atoms with Gasteiger partial charge in [-0.05, 0) is 72.1 Å². The van der Waals surface area contributed by atoms with Crippen molar-refractivity contribution >= 4 is 50.5 Å². The van der Waals surface area contributed by atoms with Crippen molar-refractivity contribution in [1.29, 1.82) is 0 Å². The highest BCUT2D eigenvalue weighted by Gasteiger charge is 2.33. The molecule has 0 unspecified atom stereocenters. The van der Waals surface area contributed by atoms with Gasteiger partial charge in [0.2, 0.25) is 5.91 Å². The molecule has 1 aliphatic heterocycles. The number of aliphatic imine (C=N–C) groups is 1. The van der Waals surface area contributed by atoms with Crippen molar-refractivity contribution in [2.45, 2.75) is 149 Å². The molecule has 1 aliphatic rings. The van der Waals surface area contributed by atoms with Gasteiger partial charge < -0.3 is 10.1 Å². The van der Waals surface area contributed by atoms with Gasteiger partial charge in [0, 0.05) is 33.4 Å². The predicted octanol–water partition coefficient (Wildman–Crippen LogP) is 10.7. The van der Waals surface area contributed by atoms with Gasteiger partial charge in [0.1, 0.15) is 22.5 Å². The van der Waals surface area contributed by atoms with E-state index in [1.165, 1.54) is 75.5 Å². The van der Waals surface area contributed by atoms with Crippen LogP contribution < -0.4 is 5.32 Å². The SMILES string of the molecule is Cc1sc2c(c1C)C(c1ccc(NC(=O)CCCCCCCCCCCCCCCBr)cc1)=N[C@@H](CC(=O)OC(C)(C)C)c1nnc(C)n1-2. The molecule has 0 saturated heterocycles. The molecule has 8 nitrogen and oxygen atoms in total. The van der Waals surface area contributed by atoms with E-state index in [0.717, 1.165) is 57.1 Å². The fourth-order valence-corrected chi connectivity index (χ4v) is 7.94. The van der Waals surface area contributed by atoms with Crippen molar-refractivity contribution in [2.24, 2.45) is 4.99 Å². The summed E-state index contributed by atoms with van der Waals surface area (Å²) < 4.78 is 7.71. The Morgan fingerprint density at radius 3 is 2.00 bits per heavy atom. The highest BCUT2D eigenvalue weighted by atomic mass is 79.9. The molecular formula is C39H56BrN5O3S. The number of benzene rings is 1. The standard InChI is InChI=1S/C39H56BrN5O3S/c1-27-28(2)49-38-35(27)36(42-32(26-34(47)48-39(4,5)6)37-44-43-29(3)45(37)38)30-21-23-31(24-22-30)41-33(46)20-18-16-14-12-10-8-7-9-11-13-15-17-19-25-40/h21-24,32H,7-20,25-26H2,1-6H3,(H,41,46)/t32-/m0/s1. The molecule has 0 spiro atoms. The van der Waals surface area contributed by atoms with Crippen LogP contribution >= 0.6 is 27.3 Å². The normalized spacial score (nSPS) is 14.2. The van der Waals surface area contributed by atoms with E-state index in [1.807, 2.05) is 56.5 Å². The van der Waals surface area contributed by atoms with Crippen molar-refractivity contribution in [3.63, 3.8) is 0 Å². The first-order chi connectivity index (χ1) is 23.5. The molecule has 0 fully saturated rings. The van der Waals surface area contributed by atoms with E-state index in [1.54, 1.807) is 11.3 Å². The molecule has 3 aromatic rings. The number of thiophene rings is 1. The number of carbonyl (C=O) groups is 2. The van der Waals surface area contributed by atoms with Gasteiger partial charge in [-0.15, -0.1) is 21.5 Å². The van der Waals surface area contributed by atoms with Crippen LogP contribution in [0.2, 0.25) is 0 Å². The van der Waals surface area contributed by atoms with Gasteiger partial charge in [0.05, 0.1) is 12.1 Å². The van der Waals surface area contributed by atoms with Gasteiger partial charge >= 0.3 is 5.97 Å². The zero-order valence-electron chi connectivity index (χ0n) is 30.5. The lowest BCUT2D eigenvalue weighted by Gasteiger charge is -2.21. The minimum Gasteiger partial charge on any atom is -0.460 e. The zero-order chi connectivity index (χ0) is 35.4. The third-order valence-electron chi connectivity index (χ3n) is 9.00. The van der Waals surface area contributed by atoms with Gasteiger partial charge in [-0.1, -0.05) is 98.7 Å². The Bertz CT molecular complexity index is 1550. The number of aromatic nitrogens is 3. The summed E-state index contributed by atoms with van der Waals surface area (Å²) in [5, 5.41) is 14.1. The molecular weight excluding hydrogens is 698 g/mol. The quantitative estimate of drug-likeness (QED) is 0.0746. The maximum atomic E-state index is 13.0. The largest absolute Gasteiger partial charge is 0.460 e. The number of nitrogens with zero attached hydrogens (tertiary/aromatic N) is 4. The number of alkyl halides is 1. The number of hydrogen-bond donors (Lipinski definition) is 1.